The molecule has 0 saturated carbocycles. The third-order valence-electron chi connectivity index (χ3n) is 12.3. The van der Waals surface area contributed by atoms with Crippen LogP contribution in [0.15, 0.2) is 97.1 Å². The van der Waals surface area contributed by atoms with Gasteiger partial charge in [0.25, 0.3) is 0 Å². The molecule has 2 atom stereocenters. The standard InChI is InChI=1S/C55H62O4/c1-32-21-35(4)50(36(5)22-32)46-28-40(54(7,8)9)26-44(52(46)56)42-17-13-15-19-48(42)58-30-39-31-59-49-20-16-14-18-43(49)45-27-41(55(10,11)12)29-47(53(45)57)51-37(6)23-33(2)24-38(51)25-34(39)3/h13-24,26-29,34,39,56-57H,25,30-31H2,1-12H3. The van der Waals surface area contributed by atoms with Crippen molar-refractivity contribution in [1.82, 2.24) is 0 Å². The number of hydrogen-bond donors (Lipinski definition) is 2. The number of aryl methyl sites for hydroxylation is 5. The maximum absolute atomic E-state index is 12.2. The van der Waals surface area contributed by atoms with E-state index < -0.39 is 0 Å². The highest BCUT2D eigenvalue weighted by Crippen LogP contribution is 2.49. The van der Waals surface area contributed by atoms with Crippen LogP contribution in [0.2, 0.25) is 0 Å². The van der Waals surface area contributed by atoms with Crippen molar-refractivity contribution in [3.8, 4) is 67.5 Å². The summed E-state index contributed by atoms with van der Waals surface area (Å²) in [4.78, 5) is 0. The first kappa shape index (κ1) is 41.7. The molecule has 0 amide bonds. The van der Waals surface area contributed by atoms with Crippen molar-refractivity contribution in [1.29, 1.82) is 0 Å². The van der Waals surface area contributed by atoms with Gasteiger partial charge in [0.2, 0.25) is 0 Å². The molecule has 0 spiro atoms. The topological polar surface area (TPSA) is 58.9 Å². The van der Waals surface area contributed by atoms with Crippen LogP contribution in [-0.2, 0) is 17.3 Å². The number of fused-ring (bicyclic) bond motifs is 6. The van der Waals surface area contributed by atoms with Gasteiger partial charge in [0.15, 0.2) is 0 Å². The molecule has 306 valence electrons. The van der Waals surface area contributed by atoms with Crippen LogP contribution in [0.1, 0.15) is 93.0 Å². The molecule has 2 bridgehead atoms. The van der Waals surface area contributed by atoms with E-state index in [0.29, 0.717) is 13.2 Å². The molecule has 2 unspecified atom stereocenters. The number of hydrogen-bond acceptors (Lipinski definition) is 4. The van der Waals surface area contributed by atoms with E-state index in [-0.39, 0.29) is 34.2 Å². The van der Waals surface area contributed by atoms with Crippen LogP contribution in [0.25, 0.3) is 44.5 Å². The quantitative estimate of drug-likeness (QED) is 0.183. The van der Waals surface area contributed by atoms with Crippen molar-refractivity contribution in [3.05, 3.63) is 142 Å². The van der Waals surface area contributed by atoms with E-state index >= 15 is 0 Å². The van der Waals surface area contributed by atoms with Crippen LogP contribution >= 0.6 is 0 Å². The second-order valence-electron chi connectivity index (χ2n) is 19.3. The van der Waals surface area contributed by atoms with Gasteiger partial charge < -0.3 is 19.7 Å². The predicted octanol–water partition coefficient (Wildman–Crippen LogP) is 14.2. The van der Waals surface area contributed by atoms with Gasteiger partial charge in [0.05, 0.1) is 13.2 Å². The maximum atomic E-state index is 12.2. The summed E-state index contributed by atoms with van der Waals surface area (Å²) in [7, 11) is 0. The zero-order valence-corrected chi connectivity index (χ0v) is 37.2. The molecular formula is C55H62O4. The largest absolute Gasteiger partial charge is 0.507 e. The van der Waals surface area contributed by atoms with Gasteiger partial charge in [-0.1, -0.05) is 120 Å². The van der Waals surface area contributed by atoms with Crippen molar-refractivity contribution in [2.24, 2.45) is 11.8 Å². The smallest absolute Gasteiger partial charge is 0.131 e. The monoisotopic (exact) mass is 786 g/mol. The summed E-state index contributed by atoms with van der Waals surface area (Å²) in [6, 6.07) is 33.7. The Labute approximate surface area is 352 Å². The molecular weight excluding hydrogens is 725 g/mol. The van der Waals surface area contributed by atoms with Crippen LogP contribution in [0.5, 0.6) is 23.0 Å². The SMILES string of the molecule is Cc1cc(C)c(-c2cc(C(C)(C)C)cc(-c3ccccc3OCC3COc4ccccc4-c4cc(C(C)(C)C)cc(c4O)-c4c(C)cc(C)cc4CC3C)c2O)c(C)c1. The van der Waals surface area contributed by atoms with Crippen molar-refractivity contribution in [3.63, 3.8) is 0 Å². The van der Waals surface area contributed by atoms with E-state index in [4.69, 9.17) is 9.47 Å². The van der Waals surface area contributed by atoms with Crippen LogP contribution in [0.3, 0.4) is 0 Å². The van der Waals surface area contributed by atoms with Gasteiger partial charge in [0.1, 0.15) is 23.0 Å². The molecule has 1 heterocycles. The van der Waals surface area contributed by atoms with Gasteiger partial charge in [0, 0.05) is 39.3 Å². The van der Waals surface area contributed by atoms with E-state index in [1.807, 2.05) is 42.5 Å². The van der Waals surface area contributed by atoms with Gasteiger partial charge in [-0.15, -0.1) is 0 Å². The molecule has 6 aromatic carbocycles. The number of para-hydroxylation sites is 2. The molecule has 0 aliphatic carbocycles. The molecule has 0 saturated heterocycles. The lowest BCUT2D eigenvalue weighted by atomic mass is 9.79. The van der Waals surface area contributed by atoms with Crippen molar-refractivity contribution >= 4 is 0 Å². The van der Waals surface area contributed by atoms with Crippen LogP contribution in [0, 0.1) is 46.5 Å². The fraction of sp³-hybridized carbons (Fsp3) is 0.345. The summed E-state index contributed by atoms with van der Waals surface area (Å²) in [6.45, 7) is 27.1. The Hall–Kier alpha value is -5.48. The molecule has 1 aliphatic rings. The second-order valence-corrected chi connectivity index (χ2v) is 19.3. The summed E-state index contributed by atoms with van der Waals surface area (Å²) < 4.78 is 13.7. The van der Waals surface area contributed by atoms with Gasteiger partial charge in [-0.25, -0.2) is 0 Å². The number of aromatic hydroxyl groups is 2. The van der Waals surface area contributed by atoms with Crippen LogP contribution in [0.4, 0.5) is 0 Å². The highest BCUT2D eigenvalue weighted by atomic mass is 16.5. The summed E-state index contributed by atoms with van der Waals surface area (Å²) in [5.41, 5.74) is 16.2. The fourth-order valence-corrected chi connectivity index (χ4v) is 9.05. The first-order chi connectivity index (χ1) is 27.8. The Bertz CT molecular complexity index is 2520. The molecule has 0 aromatic heterocycles. The van der Waals surface area contributed by atoms with Crippen LogP contribution < -0.4 is 9.47 Å². The summed E-state index contributed by atoms with van der Waals surface area (Å²) in [5, 5.41) is 24.4. The average molecular weight is 787 g/mol. The zero-order valence-electron chi connectivity index (χ0n) is 37.2. The summed E-state index contributed by atoms with van der Waals surface area (Å²) in [5.74, 6) is 2.14. The minimum absolute atomic E-state index is 0.00390. The number of benzene rings is 6. The molecule has 6 aromatic rings. The predicted molar refractivity (Wildman–Crippen MR) is 246 cm³/mol. The Morgan fingerprint density at radius 2 is 1.05 bits per heavy atom. The number of ether oxygens (including phenoxy) is 2. The first-order valence-corrected chi connectivity index (χ1v) is 21.2. The minimum Gasteiger partial charge on any atom is -0.507 e. The fourth-order valence-electron chi connectivity index (χ4n) is 9.05. The Morgan fingerprint density at radius 1 is 0.576 bits per heavy atom. The molecule has 4 heteroatoms. The van der Waals surface area contributed by atoms with E-state index in [9.17, 15) is 10.2 Å². The summed E-state index contributed by atoms with van der Waals surface area (Å²) >= 11 is 0. The van der Waals surface area contributed by atoms with E-state index in [1.165, 1.54) is 16.7 Å². The van der Waals surface area contributed by atoms with E-state index in [0.717, 1.165) is 90.2 Å². The number of rotatable bonds is 5. The zero-order chi connectivity index (χ0) is 42.6. The Kier molecular flexibility index (Phi) is 11.3. The first-order valence-electron chi connectivity index (χ1n) is 21.2. The lowest BCUT2D eigenvalue weighted by Crippen LogP contribution is -2.28. The van der Waals surface area contributed by atoms with Crippen LogP contribution in [-0.4, -0.2) is 23.4 Å². The third kappa shape index (κ3) is 8.37. The van der Waals surface area contributed by atoms with Gasteiger partial charge in [-0.2, -0.15) is 0 Å². The number of phenolic OH excluding ortho intramolecular Hbond substituents is 2. The second kappa shape index (κ2) is 15.9. The molecule has 0 fully saturated rings. The summed E-state index contributed by atoms with van der Waals surface area (Å²) in [6.07, 6.45) is 0.778. The molecule has 2 N–H and O–H groups in total. The Morgan fingerprint density at radius 3 is 1.64 bits per heavy atom. The molecule has 7 rings (SSSR count). The highest BCUT2D eigenvalue weighted by molar-refractivity contribution is 5.89. The van der Waals surface area contributed by atoms with Crippen molar-refractivity contribution < 1.29 is 19.7 Å². The molecule has 4 nitrogen and oxygen atoms in total. The van der Waals surface area contributed by atoms with Gasteiger partial charge in [-0.3, -0.25) is 0 Å². The molecule has 1 aliphatic heterocycles. The lowest BCUT2D eigenvalue weighted by Gasteiger charge is -2.29. The normalized spacial score (nSPS) is 15.7. The van der Waals surface area contributed by atoms with E-state index in [2.05, 4.69) is 138 Å². The van der Waals surface area contributed by atoms with Gasteiger partial charge >= 0.3 is 0 Å². The van der Waals surface area contributed by atoms with Crippen molar-refractivity contribution in [2.75, 3.05) is 13.2 Å². The Balaban J connectivity index is 1.32. The third-order valence-corrected chi connectivity index (χ3v) is 12.3. The van der Waals surface area contributed by atoms with Crippen molar-refractivity contribution in [2.45, 2.75) is 100 Å². The number of phenols is 2. The lowest BCUT2D eigenvalue weighted by molar-refractivity contribution is 0.136. The average Bonchev–Trinajstić information content (AvgIpc) is 3.14. The maximum Gasteiger partial charge on any atom is 0.131 e. The van der Waals surface area contributed by atoms with Gasteiger partial charge in [-0.05, 0) is 139 Å². The molecule has 59 heavy (non-hydrogen) atoms. The minimum atomic E-state index is -0.158. The molecule has 0 radical (unpaired) electrons. The highest BCUT2D eigenvalue weighted by Gasteiger charge is 2.29. The van der Waals surface area contributed by atoms with E-state index in [1.54, 1.807) is 0 Å².